The molecule has 1 aliphatic rings. The highest BCUT2D eigenvalue weighted by Gasteiger charge is 2.22. The second kappa shape index (κ2) is 5.73. The van der Waals surface area contributed by atoms with E-state index in [1.807, 2.05) is 0 Å². The van der Waals surface area contributed by atoms with Gasteiger partial charge in [-0.1, -0.05) is 6.07 Å². The van der Waals surface area contributed by atoms with Gasteiger partial charge in [0, 0.05) is 13.0 Å². The number of piperidine rings is 1. The first-order valence-electron chi connectivity index (χ1n) is 6.31. The van der Waals surface area contributed by atoms with Crippen molar-refractivity contribution in [2.45, 2.75) is 25.7 Å². The number of aliphatic carboxylic acids is 1. The number of hydrogen-bond donors (Lipinski definition) is 1. The third-order valence-electron chi connectivity index (χ3n) is 3.21. The van der Waals surface area contributed by atoms with Crippen molar-refractivity contribution in [1.29, 1.82) is 0 Å². The van der Waals surface area contributed by atoms with E-state index in [-0.39, 0.29) is 12.3 Å². The van der Waals surface area contributed by atoms with E-state index in [2.05, 4.69) is 0 Å². The average molecular weight is 263 g/mol. The Morgan fingerprint density at radius 1 is 1.42 bits per heavy atom. The number of ether oxygens (including phenoxy) is 1. The summed E-state index contributed by atoms with van der Waals surface area (Å²) in [5, 5.41) is 8.83. The minimum Gasteiger partial charge on any atom is -0.495 e. The summed E-state index contributed by atoms with van der Waals surface area (Å²) in [6.07, 6.45) is 2.34. The molecule has 1 N–H and O–H groups in total. The van der Waals surface area contributed by atoms with Crippen LogP contribution >= 0.6 is 0 Å². The molecule has 5 heteroatoms. The summed E-state index contributed by atoms with van der Waals surface area (Å²) < 4.78 is 5.27. The summed E-state index contributed by atoms with van der Waals surface area (Å²) in [5.41, 5.74) is 1.34. The third-order valence-corrected chi connectivity index (χ3v) is 3.21. The molecule has 102 valence electrons. The van der Waals surface area contributed by atoms with Crippen LogP contribution in [0.5, 0.6) is 5.75 Å². The molecule has 2 rings (SSSR count). The van der Waals surface area contributed by atoms with Crippen LogP contribution in [0.2, 0.25) is 0 Å². The Morgan fingerprint density at radius 3 is 2.84 bits per heavy atom. The minimum atomic E-state index is -0.888. The van der Waals surface area contributed by atoms with E-state index < -0.39 is 5.97 Å². The molecule has 1 amide bonds. The van der Waals surface area contributed by atoms with Crippen molar-refractivity contribution in [3.63, 3.8) is 0 Å². The Kier molecular flexibility index (Phi) is 4.04. The summed E-state index contributed by atoms with van der Waals surface area (Å²) >= 11 is 0. The quantitative estimate of drug-likeness (QED) is 0.900. The van der Waals surface area contributed by atoms with Crippen molar-refractivity contribution in [3.8, 4) is 5.75 Å². The normalized spacial score (nSPS) is 15.4. The number of methoxy groups -OCH3 is 1. The van der Waals surface area contributed by atoms with Gasteiger partial charge in [0.05, 0.1) is 19.2 Å². The van der Waals surface area contributed by atoms with E-state index in [1.165, 1.54) is 0 Å². The molecule has 5 nitrogen and oxygen atoms in total. The first-order valence-corrected chi connectivity index (χ1v) is 6.31. The van der Waals surface area contributed by atoms with E-state index in [9.17, 15) is 9.59 Å². The van der Waals surface area contributed by atoms with Crippen LogP contribution in [0.4, 0.5) is 5.69 Å². The van der Waals surface area contributed by atoms with Crippen LogP contribution in [0, 0.1) is 0 Å². The average Bonchev–Trinajstić information content (AvgIpc) is 2.38. The molecule has 19 heavy (non-hydrogen) atoms. The van der Waals surface area contributed by atoms with Crippen LogP contribution < -0.4 is 9.64 Å². The molecule has 0 aromatic heterocycles. The topological polar surface area (TPSA) is 66.8 Å². The fourth-order valence-corrected chi connectivity index (χ4v) is 2.29. The van der Waals surface area contributed by atoms with Crippen LogP contribution in [0.25, 0.3) is 0 Å². The van der Waals surface area contributed by atoms with Gasteiger partial charge in [-0.2, -0.15) is 0 Å². The predicted octanol–water partition coefficient (Wildman–Crippen LogP) is 1.84. The monoisotopic (exact) mass is 263 g/mol. The third kappa shape index (κ3) is 3.05. The van der Waals surface area contributed by atoms with Gasteiger partial charge in [0.2, 0.25) is 5.91 Å². The van der Waals surface area contributed by atoms with Gasteiger partial charge in [0.15, 0.2) is 0 Å². The summed E-state index contributed by atoms with van der Waals surface area (Å²) in [7, 11) is 1.55. The second-order valence-electron chi connectivity index (χ2n) is 4.58. The zero-order chi connectivity index (χ0) is 13.8. The number of carboxylic acids is 1. The van der Waals surface area contributed by atoms with E-state index >= 15 is 0 Å². The van der Waals surface area contributed by atoms with Gasteiger partial charge in [-0.05, 0) is 30.5 Å². The lowest BCUT2D eigenvalue weighted by Gasteiger charge is -2.28. The highest BCUT2D eigenvalue weighted by Crippen LogP contribution is 2.32. The van der Waals surface area contributed by atoms with E-state index in [1.54, 1.807) is 30.2 Å². The van der Waals surface area contributed by atoms with Gasteiger partial charge in [-0.3, -0.25) is 9.59 Å². The first kappa shape index (κ1) is 13.4. The molecule has 0 radical (unpaired) electrons. The lowest BCUT2D eigenvalue weighted by atomic mass is 10.1. The molecule has 0 spiro atoms. The van der Waals surface area contributed by atoms with E-state index in [0.29, 0.717) is 30.0 Å². The Balaban J connectivity index is 2.34. The number of amides is 1. The van der Waals surface area contributed by atoms with Crippen molar-refractivity contribution >= 4 is 17.6 Å². The molecule has 1 aliphatic heterocycles. The summed E-state index contributed by atoms with van der Waals surface area (Å²) in [5.74, 6) is -0.220. The molecule has 1 aromatic rings. The van der Waals surface area contributed by atoms with Crippen molar-refractivity contribution < 1.29 is 19.4 Å². The maximum atomic E-state index is 12.0. The van der Waals surface area contributed by atoms with Crippen molar-refractivity contribution in [2.75, 3.05) is 18.6 Å². The van der Waals surface area contributed by atoms with Crippen molar-refractivity contribution in [3.05, 3.63) is 23.8 Å². The van der Waals surface area contributed by atoms with Crippen LogP contribution in [0.15, 0.2) is 18.2 Å². The van der Waals surface area contributed by atoms with Gasteiger partial charge in [0.1, 0.15) is 5.75 Å². The molecule has 0 atom stereocenters. The maximum absolute atomic E-state index is 12.0. The van der Waals surface area contributed by atoms with E-state index in [0.717, 1.165) is 12.8 Å². The zero-order valence-corrected chi connectivity index (χ0v) is 10.9. The molecule has 0 unspecified atom stereocenters. The Labute approximate surface area is 111 Å². The highest BCUT2D eigenvalue weighted by molar-refractivity contribution is 5.95. The fraction of sp³-hybridized carbons (Fsp3) is 0.429. The molecule has 1 saturated heterocycles. The second-order valence-corrected chi connectivity index (χ2v) is 4.58. The SMILES string of the molecule is COc1ccc(CC(=O)O)cc1N1CCCCC1=O. The molecule has 1 fully saturated rings. The Morgan fingerprint density at radius 2 is 2.21 bits per heavy atom. The standard InChI is InChI=1S/C14H17NO4/c1-19-12-6-5-10(9-14(17)18)8-11(12)15-7-3-2-4-13(15)16/h5-6,8H,2-4,7,9H2,1H3,(H,17,18). The number of benzene rings is 1. The lowest BCUT2D eigenvalue weighted by molar-refractivity contribution is -0.136. The van der Waals surface area contributed by atoms with Crippen LogP contribution in [0.1, 0.15) is 24.8 Å². The Bertz CT molecular complexity index is 498. The summed E-state index contributed by atoms with van der Waals surface area (Å²) in [6, 6.07) is 5.16. The maximum Gasteiger partial charge on any atom is 0.307 e. The number of nitrogens with zero attached hydrogens (tertiary/aromatic N) is 1. The van der Waals surface area contributed by atoms with Crippen molar-refractivity contribution in [2.24, 2.45) is 0 Å². The number of carboxylic acid groups (broad SMARTS) is 1. The number of anilines is 1. The highest BCUT2D eigenvalue weighted by atomic mass is 16.5. The molecule has 0 saturated carbocycles. The van der Waals surface area contributed by atoms with Gasteiger partial charge in [0.25, 0.3) is 0 Å². The van der Waals surface area contributed by atoms with Gasteiger partial charge in [-0.15, -0.1) is 0 Å². The molecule has 0 aliphatic carbocycles. The van der Waals surface area contributed by atoms with Gasteiger partial charge in [-0.25, -0.2) is 0 Å². The predicted molar refractivity (Wildman–Crippen MR) is 70.5 cm³/mol. The molecule has 1 aromatic carbocycles. The molecule has 0 bridgehead atoms. The number of carbonyl (C=O) groups is 2. The largest absolute Gasteiger partial charge is 0.495 e. The summed E-state index contributed by atoms with van der Waals surface area (Å²) in [4.78, 5) is 24.4. The fourth-order valence-electron chi connectivity index (χ4n) is 2.29. The number of rotatable bonds is 4. The van der Waals surface area contributed by atoms with Crippen LogP contribution in [-0.4, -0.2) is 30.6 Å². The molecule has 1 heterocycles. The first-order chi connectivity index (χ1) is 9.11. The summed E-state index contributed by atoms with van der Waals surface area (Å²) in [6.45, 7) is 0.658. The molecular formula is C14H17NO4. The molecular weight excluding hydrogens is 246 g/mol. The number of hydrogen-bond acceptors (Lipinski definition) is 3. The zero-order valence-electron chi connectivity index (χ0n) is 10.9. The number of carbonyl (C=O) groups excluding carboxylic acids is 1. The van der Waals surface area contributed by atoms with Crippen molar-refractivity contribution in [1.82, 2.24) is 0 Å². The van der Waals surface area contributed by atoms with Crippen LogP contribution in [0.3, 0.4) is 0 Å². The van der Waals surface area contributed by atoms with Crippen LogP contribution in [-0.2, 0) is 16.0 Å². The Hall–Kier alpha value is -2.04. The lowest BCUT2D eigenvalue weighted by Crippen LogP contribution is -2.35. The van der Waals surface area contributed by atoms with Gasteiger partial charge >= 0.3 is 5.97 Å². The smallest absolute Gasteiger partial charge is 0.307 e. The van der Waals surface area contributed by atoms with E-state index in [4.69, 9.17) is 9.84 Å². The minimum absolute atomic E-state index is 0.0565. The van der Waals surface area contributed by atoms with Gasteiger partial charge < -0.3 is 14.7 Å².